The molecule has 0 radical (unpaired) electrons. The van der Waals surface area contributed by atoms with Gasteiger partial charge in [-0.3, -0.25) is 14.5 Å². The number of nitrogens with zero attached hydrogens (tertiary/aromatic N) is 3. The van der Waals surface area contributed by atoms with E-state index in [4.69, 9.17) is 8.94 Å². The van der Waals surface area contributed by atoms with E-state index in [1.807, 2.05) is 13.0 Å². The Morgan fingerprint density at radius 2 is 1.69 bits per heavy atom. The highest BCUT2D eigenvalue weighted by Gasteiger charge is 2.45. The molecule has 0 fully saturated rings. The standard InChI is InChI=1S/C26H25N3O6S/c1-5-28(6-2)36(32,33)18-10-8-17(9-11-18)23-22-24(30)19-13-15(3)7-12-20(19)34-25(22)26(31)29(23)21-14-16(4)35-27-21/h7-14,23H,5-6H2,1-4H3. The number of aromatic nitrogens is 1. The van der Waals surface area contributed by atoms with Crippen LogP contribution in [0.2, 0.25) is 0 Å². The Morgan fingerprint density at radius 1 is 1.00 bits per heavy atom. The van der Waals surface area contributed by atoms with E-state index in [1.165, 1.54) is 21.3 Å². The molecule has 0 N–H and O–H groups in total. The Bertz CT molecular complexity index is 1650. The van der Waals surface area contributed by atoms with Crippen LogP contribution in [-0.4, -0.2) is 36.9 Å². The fourth-order valence-corrected chi connectivity index (χ4v) is 6.10. The molecule has 0 spiro atoms. The van der Waals surface area contributed by atoms with Crippen LogP contribution in [0.5, 0.6) is 0 Å². The minimum Gasteiger partial charge on any atom is -0.450 e. The van der Waals surface area contributed by atoms with E-state index in [9.17, 15) is 18.0 Å². The molecule has 186 valence electrons. The second-order valence-electron chi connectivity index (χ2n) is 8.71. The molecule has 5 rings (SSSR count). The Labute approximate surface area is 208 Å². The summed E-state index contributed by atoms with van der Waals surface area (Å²) in [5, 5.41) is 4.37. The number of aryl methyl sites for hydroxylation is 2. The van der Waals surface area contributed by atoms with E-state index < -0.39 is 22.0 Å². The van der Waals surface area contributed by atoms with Crippen molar-refractivity contribution >= 4 is 32.7 Å². The van der Waals surface area contributed by atoms with Crippen molar-refractivity contribution in [3.05, 3.63) is 87.0 Å². The van der Waals surface area contributed by atoms with Crippen LogP contribution in [0, 0.1) is 13.8 Å². The van der Waals surface area contributed by atoms with E-state index in [0.717, 1.165) is 5.56 Å². The van der Waals surface area contributed by atoms with Gasteiger partial charge in [-0.05, 0) is 43.7 Å². The number of hydrogen-bond acceptors (Lipinski definition) is 7. The lowest BCUT2D eigenvalue weighted by Crippen LogP contribution is -2.31. The van der Waals surface area contributed by atoms with Gasteiger partial charge in [0.1, 0.15) is 11.3 Å². The van der Waals surface area contributed by atoms with E-state index in [1.54, 1.807) is 51.1 Å². The zero-order valence-electron chi connectivity index (χ0n) is 20.3. The van der Waals surface area contributed by atoms with Crippen LogP contribution in [0.25, 0.3) is 11.0 Å². The predicted molar refractivity (Wildman–Crippen MR) is 134 cm³/mol. The van der Waals surface area contributed by atoms with Crippen molar-refractivity contribution in [3.8, 4) is 0 Å². The fraction of sp³-hybridized carbons (Fsp3) is 0.269. The molecule has 1 unspecified atom stereocenters. The van der Waals surface area contributed by atoms with Crippen molar-refractivity contribution in [1.82, 2.24) is 9.46 Å². The summed E-state index contributed by atoms with van der Waals surface area (Å²) < 4.78 is 38.5. The van der Waals surface area contributed by atoms with Crippen molar-refractivity contribution < 1.29 is 22.2 Å². The molecule has 0 saturated carbocycles. The number of anilines is 1. The van der Waals surface area contributed by atoms with Gasteiger partial charge in [-0.15, -0.1) is 0 Å². The van der Waals surface area contributed by atoms with Crippen molar-refractivity contribution in [3.63, 3.8) is 0 Å². The molecular weight excluding hydrogens is 482 g/mol. The van der Waals surface area contributed by atoms with Gasteiger partial charge in [-0.2, -0.15) is 4.31 Å². The van der Waals surface area contributed by atoms with Gasteiger partial charge in [-0.25, -0.2) is 8.42 Å². The van der Waals surface area contributed by atoms with Crippen LogP contribution >= 0.6 is 0 Å². The third-order valence-electron chi connectivity index (χ3n) is 6.43. The van der Waals surface area contributed by atoms with Crippen molar-refractivity contribution in [2.75, 3.05) is 18.0 Å². The first-order valence-electron chi connectivity index (χ1n) is 11.6. The minimum atomic E-state index is -3.67. The number of carbonyl (C=O) groups is 1. The Kier molecular flexibility index (Phi) is 5.80. The summed E-state index contributed by atoms with van der Waals surface area (Å²) in [5.41, 5.74) is 1.59. The normalized spacial score (nSPS) is 15.8. The number of benzene rings is 2. The zero-order chi connectivity index (χ0) is 25.8. The first kappa shape index (κ1) is 24.0. The summed E-state index contributed by atoms with van der Waals surface area (Å²) in [5.74, 6) is 0.131. The van der Waals surface area contributed by atoms with Crippen LogP contribution < -0.4 is 10.3 Å². The van der Waals surface area contributed by atoms with Crippen molar-refractivity contribution in [2.24, 2.45) is 0 Å². The molecule has 9 nitrogen and oxygen atoms in total. The number of rotatable bonds is 6. The summed E-state index contributed by atoms with van der Waals surface area (Å²) in [7, 11) is -3.67. The van der Waals surface area contributed by atoms with Crippen LogP contribution in [0.1, 0.15) is 52.9 Å². The molecule has 0 aliphatic carbocycles. The quantitative estimate of drug-likeness (QED) is 0.385. The summed E-state index contributed by atoms with van der Waals surface area (Å²) >= 11 is 0. The first-order chi connectivity index (χ1) is 17.2. The molecular formula is C26H25N3O6S. The van der Waals surface area contributed by atoms with Gasteiger partial charge in [-0.1, -0.05) is 42.8 Å². The van der Waals surface area contributed by atoms with Crippen LogP contribution in [0.4, 0.5) is 5.82 Å². The lowest BCUT2D eigenvalue weighted by molar-refractivity contribution is 0.0969. The third kappa shape index (κ3) is 3.64. The van der Waals surface area contributed by atoms with Crippen LogP contribution in [-0.2, 0) is 10.0 Å². The monoisotopic (exact) mass is 507 g/mol. The van der Waals surface area contributed by atoms with Crippen molar-refractivity contribution in [2.45, 2.75) is 38.6 Å². The zero-order valence-corrected chi connectivity index (χ0v) is 21.1. The maximum atomic E-state index is 13.7. The highest BCUT2D eigenvalue weighted by Crippen LogP contribution is 2.41. The molecule has 1 atom stereocenters. The lowest BCUT2D eigenvalue weighted by atomic mass is 9.98. The van der Waals surface area contributed by atoms with Crippen LogP contribution in [0.15, 0.2) is 67.2 Å². The maximum absolute atomic E-state index is 13.7. The average molecular weight is 508 g/mol. The van der Waals surface area contributed by atoms with E-state index in [-0.39, 0.29) is 27.5 Å². The Morgan fingerprint density at radius 3 is 2.31 bits per heavy atom. The Balaban J connectivity index is 1.71. The van der Waals surface area contributed by atoms with E-state index >= 15 is 0 Å². The third-order valence-corrected chi connectivity index (χ3v) is 8.49. The molecule has 2 aromatic heterocycles. The predicted octanol–water partition coefficient (Wildman–Crippen LogP) is 4.18. The van der Waals surface area contributed by atoms with Gasteiger partial charge in [0.05, 0.1) is 21.9 Å². The molecule has 1 aliphatic heterocycles. The van der Waals surface area contributed by atoms with E-state index in [0.29, 0.717) is 35.4 Å². The fourth-order valence-electron chi connectivity index (χ4n) is 4.64. The number of fused-ring (bicyclic) bond motifs is 2. The Hall–Kier alpha value is -3.76. The molecule has 4 aromatic rings. The molecule has 10 heteroatoms. The van der Waals surface area contributed by atoms with Gasteiger partial charge in [0.15, 0.2) is 11.2 Å². The van der Waals surface area contributed by atoms with Gasteiger partial charge in [0, 0.05) is 19.2 Å². The van der Waals surface area contributed by atoms with Gasteiger partial charge < -0.3 is 8.94 Å². The smallest absolute Gasteiger partial charge is 0.296 e. The van der Waals surface area contributed by atoms with Gasteiger partial charge >= 0.3 is 0 Å². The molecule has 1 amide bonds. The topological polar surface area (TPSA) is 114 Å². The second-order valence-corrected chi connectivity index (χ2v) is 10.6. The SMILES string of the molecule is CCN(CC)S(=O)(=O)c1ccc(C2c3c(oc4ccc(C)cc4c3=O)C(=O)N2c2cc(C)on2)cc1. The van der Waals surface area contributed by atoms with Crippen molar-refractivity contribution in [1.29, 1.82) is 0 Å². The summed E-state index contributed by atoms with van der Waals surface area (Å²) in [6.45, 7) is 7.82. The maximum Gasteiger partial charge on any atom is 0.296 e. The summed E-state index contributed by atoms with van der Waals surface area (Å²) in [6.07, 6.45) is 0. The van der Waals surface area contributed by atoms with Gasteiger partial charge in [0.2, 0.25) is 15.8 Å². The summed E-state index contributed by atoms with van der Waals surface area (Å²) in [4.78, 5) is 28.7. The molecule has 36 heavy (non-hydrogen) atoms. The second kappa shape index (κ2) is 8.72. The number of sulfonamides is 1. The number of carbonyl (C=O) groups excluding carboxylic acids is 1. The average Bonchev–Trinajstić information content (AvgIpc) is 3.41. The molecule has 3 heterocycles. The lowest BCUT2D eigenvalue weighted by Gasteiger charge is -2.23. The minimum absolute atomic E-state index is 0.0677. The molecule has 0 bridgehead atoms. The highest BCUT2D eigenvalue weighted by atomic mass is 32.2. The largest absolute Gasteiger partial charge is 0.450 e. The van der Waals surface area contributed by atoms with Crippen LogP contribution in [0.3, 0.4) is 0 Å². The van der Waals surface area contributed by atoms with E-state index in [2.05, 4.69) is 5.16 Å². The molecule has 1 aliphatic rings. The number of hydrogen-bond donors (Lipinski definition) is 0. The molecule has 2 aromatic carbocycles. The first-order valence-corrected chi connectivity index (χ1v) is 13.1. The van der Waals surface area contributed by atoms with Gasteiger partial charge in [0.25, 0.3) is 5.91 Å². The highest BCUT2D eigenvalue weighted by molar-refractivity contribution is 7.89. The molecule has 0 saturated heterocycles. The summed E-state index contributed by atoms with van der Waals surface area (Å²) in [6, 6.07) is 12.1. The number of amides is 1.